The third-order valence-corrected chi connectivity index (χ3v) is 3.48. The highest BCUT2D eigenvalue weighted by atomic mass is 16.2. The number of nitrogens with zero attached hydrogens (tertiary/aromatic N) is 2. The van der Waals surface area contributed by atoms with Crippen molar-refractivity contribution in [1.29, 1.82) is 0 Å². The van der Waals surface area contributed by atoms with Crippen LogP contribution in [-0.4, -0.2) is 24.2 Å². The van der Waals surface area contributed by atoms with Gasteiger partial charge in [-0.05, 0) is 37.5 Å². The minimum atomic E-state index is -0.803. The van der Waals surface area contributed by atoms with E-state index in [4.69, 9.17) is 0 Å². The quantitative estimate of drug-likeness (QED) is 0.369. The van der Waals surface area contributed by atoms with Gasteiger partial charge in [0.2, 0.25) is 0 Å². The van der Waals surface area contributed by atoms with Crippen LogP contribution in [0.2, 0.25) is 0 Å². The fourth-order valence-corrected chi connectivity index (χ4v) is 2.01. The van der Waals surface area contributed by atoms with E-state index in [1.54, 1.807) is 12.4 Å². The fourth-order valence-electron chi connectivity index (χ4n) is 2.01. The Balaban J connectivity index is 4.19. The zero-order chi connectivity index (χ0) is 16.8. The zero-order valence-corrected chi connectivity index (χ0v) is 14.3. The predicted octanol–water partition coefficient (Wildman–Crippen LogP) is 2.84. The average molecular weight is 310 g/mol. The van der Waals surface area contributed by atoms with Crippen molar-refractivity contribution in [3.63, 3.8) is 0 Å². The van der Waals surface area contributed by atoms with Crippen LogP contribution in [0.3, 0.4) is 0 Å². The van der Waals surface area contributed by atoms with Gasteiger partial charge in [0.05, 0.1) is 0 Å². The van der Waals surface area contributed by atoms with E-state index in [-0.39, 0.29) is 0 Å². The summed E-state index contributed by atoms with van der Waals surface area (Å²) in [6.07, 6.45) is 9.44. The molecule has 6 heteroatoms. The molecule has 0 unspecified atom stereocenters. The van der Waals surface area contributed by atoms with Crippen LogP contribution in [0, 0.1) is 11.8 Å². The molecule has 0 aliphatic carbocycles. The maximum absolute atomic E-state index is 11.5. The summed E-state index contributed by atoms with van der Waals surface area (Å²) < 4.78 is 0. The predicted molar refractivity (Wildman–Crippen MR) is 90.6 cm³/mol. The highest BCUT2D eigenvalue weighted by Crippen LogP contribution is 2.07. The van der Waals surface area contributed by atoms with Gasteiger partial charge in [-0.1, -0.05) is 40.5 Å². The Morgan fingerprint density at radius 2 is 1.18 bits per heavy atom. The second-order valence-corrected chi connectivity index (χ2v) is 5.35. The lowest BCUT2D eigenvalue weighted by molar-refractivity contribution is -0.139. The smallest absolute Gasteiger partial charge is 0.262 e. The van der Waals surface area contributed by atoms with Crippen molar-refractivity contribution < 1.29 is 9.59 Å². The topological polar surface area (TPSA) is 82.9 Å². The van der Waals surface area contributed by atoms with E-state index >= 15 is 0 Å². The van der Waals surface area contributed by atoms with Crippen molar-refractivity contribution in [3.8, 4) is 0 Å². The van der Waals surface area contributed by atoms with Crippen LogP contribution in [-0.2, 0) is 9.59 Å². The highest BCUT2D eigenvalue weighted by Gasteiger charge is 2.11. The Morgan fingerprint density at radius 1 is 0.818 bits per heavy atom. The molecule has 0 saturated carbocycles. The van der Waals surface area contributed by atoms with E-state index in [9.17, 15) is 9.59 Å². The summed E-state index contributed by atoms with van der Waals surface area (Å²) in [5.74, 6) is -0.956. The summed E-state index contributed by atoms with van der Waals surface area (Å²) in [5.41, 5.74) is 4.45. The number of hydrazone groups is 2. The van der Waals surface area contributed by atoms with Gasteiger partial charge in [-0.15, -0.1) is 0 Å². The Morgan fingerprint density at radius 3 is 1.45 bits per heavy atom. The first-order valence-corrected chi connectivity index (χ1v) is 8.25. The van der Waals surface area contributed by atoms with Crippen molar-refractivity contribution >= 4 is 24.2 Å². The van der Waals surface area contributed by atoms with Gasteiger partial charge in [-0.25, -0.2) is 10.9 Å². The number of nitrogens with one attached hydrogen (secondary N) is 2. The molecule has 0 aromatic heterocycles. The average Bonchev–Trinajstić information content (AvgIpc) is 2.52. The largest absolute Gasteiger partial charge is 0.331 e. The number of carbonyl (C=O) groups is 2. The van der Waals surface area contributed by atoms with E-state index in [2.05, 4.69) is 48.7 Å². The van der Waals surface area contributed by atoms with Crippen molar-refractivity contribution in [2.24, 2.45) is 22.0 Å². The third-order valence-electron chi connectivity index (χ3n) is 3.48. The third kappa shape index (κ3) is 9.26. The Labute approximate surface area is 133 Å². The van der Waals surface area contributed by atoms with Crippen molar-refractivity contribution in [1.82, 2.24) is 10.9 Å². The molecule has 0 aromatic carbocycles. The first-order valence-electron chi connectivity index (χ1n) is 8.25. The summed E-state index contributed by atoms with van der Waals surface area (Å²) in [6, 6.07) is 0. The molecule has 0 spiro atoms. The molecule has 0 aliphatic rings. The molecule has 2 atom stereocenters. The Hall–Kier alpha value is -1.72. The maximum Gasteiger partial charge on any atom is 0.331 e. The van der Waals surface area contributed by atoms with E-state index < -0.39 is 11.8 Å². The first kappa shape index (κ1) is 20.3. The number of hydrogen-bond donors (Lipinski definition) is 2. The van der Waals surface area contributed by atoms with Gasteiger partial charge in [0.1, 0.15) is 0 Å². The second-order valence-electron chi connectivity index (χ2n) is 5.35. The summed E-state index contributed by atoms with van der Waals surface area (Å²) in [6.45, 7) is 8.33. The molecule has 0 aliphatic heterocycles. The molecule has 126 valence electrons. The number of amides is 2. The van der Waals surface area contributed by atoms with Gasteiger partial charge in [0, 0.05) is 12.4 Å². The number of rotatable bonds is 10. The minimum Gasteiger partial charge on any atom is -0.262 e. The van der Waals surface area contributed by atoms with Crippen molar-refractivity contribution in [2.75, 3.05) is 0 Å². The maximum atomic E-state index is 11.5. The van der Waals surface area contributed by atoms with Crippen LogP contribution >= 0.6 is 0 Å². The van der Waals surface area contributed by atoms with Crippen LogP contribution in [0.15, 0.2) is 10.2 Å². The molecule has 0 bridgehead atoms. The minimum absolute atomic E-state index is 0.325. The zero-order valence-electron chi connectivity index (χ0n) is 14.3. The lowest BCUT2D eigenvalue weighted by atomic mass is 10.0. The van der Waals surface area contributed by atoms with E-state index in [1.165, 1.54) is 0 Å². The standard InChI is InChI=1S/C16H30N4O2/c1-5-9-13(7-3)11-17-19-15(21)16(22)20-18-12-14(8-4)10-6-2/h11-14H,5-10H2,1-4H3,(H,19,21)(H,20,22)/b17-11-,18-12-/t13-,14+. The van der Waals surface area contributed by atoms with Gasteiger partial charge in [-0.3, -0.25) is 9.59 Å². The molecule has 0 radical (unpaired) electrons. The molecule has 0 fully saturated rings. The molecule has 0 aromatic rings. The summed E-state index contributed by atoms with van der Waals surface area (Å²) in [4.78, 5) is 23.1. The molecule has 0 saturated heterocycles. The fraction of sp³-hybridized carbons (Fsp3) is 0.750. The second kappa shape index (κ2) is 13.0. The summed E-state index contributed by atoms with van der Waals surface area (Å²) in [7, 11) is 0. The lowest BCUT2D eigenvalue weighted by Crippen LogP contribution is -2.35. The molecular formula is C16H30N4O2. The van der Waals surface area contributed by atoms with Crippen LogP contribution < -0.4 is 10.9 Å². The number of hydrogen-bond acceptors (Lipinski definition) is 4. The van der Waals surface area contributed by atoms with Crippen LogP contribution in [0.5, 0.6) is 0 Å². The van der Waals surface area contributed by atoms with Gasteiger partial charge in [-0.2, -0.15) is 10.2 Å². The summed E-state index contributed by atoms with van der Waals surface area (Å²) in [5, 5.41) is 7.67. The molecular weight excluding hydrogens is 280 g/mol. The molecule has 2 N–H and O–H groups in total. The Kier molecular flexibility index (Phi) is 12.0. The molecule has 22 heavy (non-hydrogen) atoms. The van der Waals surface area contributed by atoms with Crippen molar-refractivity contribution in [2.45, 2.75) is 66.2 Å². The molecule has 0 heterocycles. The summed E-state index contributed by atoms with van der Waals surface area (Å²) >= 11 is 0. The molecule has 0 rings (SSSR count). The molecule has 2 amide bonds. The normalized spacial score (nSPS) is 14.2. The monoisotopic (exact) mass is 310 g/mol. The van der Waals surface area contributed by atoms with E-state index in [0.29, 0.717) is 11.8 Å². The van der Waals surface area contributed by atoms with Crippen LogP contribution in [0.4, 0.5) is 0 Å². The van der Waals surface area contributed by atoms with Crippen molar-refractivity contribution in [3.05, 3.63) is 0 Å². The van der Waals surface area contributed by atoms with Gasteiger partial charge in [0.15, 0.2) is 0 Å². The van der Waals surface area contributed by atoms with Gasteiger partial charge < -0.3 is 0 Å². The van der Waals surface area contributed by atoms with E-state index in [0.717, 1.165) is 38.5 Å². The first-order chi connectivity index (χ1) is 10.6. The highest BCUT2D eigenvalue weighted by molar-refractivity contribution is 6.35. The van der Waals surface area contributed by atoms with Crippen LogP contribution in [0.25, 0.3) is 0 Å². The van der Waals surface area contributed by atoms with E-state index in [1.807, 2.05) is 0 Å². The lowest BCUT2D eigenvalue weighted by Gasteiger charge is -2.07. The molecule has 6 nitrogen and oxygen atoms in total. The number of carbonyl (C=O) groups excluding carboxylic acids is 2. The van der Waals surface area contributed by atoms with Gasteiger partial charge in [0.25, 0.3) is 0 Å². The Bertz CT molecular complexity index is 344. The van der Waals surface area contributed by atoms with Gasteiger partial charge >= 0.3 is 11.8 Å². The van der Waals surface area contributed by atoms with Crippen LogP contribution in [0.1, 0.15) is 66.2 Å². The SMILES string of the molecule is CCC[C@H](/C=N\NC(=O)C(=O)N/N=C\[C@@H](CC)CCC)CC.